The van der Waals surface area contributed by atoms with E-state index in [2.05, 4.69) is 36.0 Å². The molecule has 0 spiro atoms. The number of hydrogen-bond acceptors (Lipinski definition) is 7. The largest absolute Gasteiger partial charge is 0.271 e. The van der Waals surface area contributed by atoms with Crippen molar-refractivity contribution >= 4 is 24.2 Å². The predicted molar refractivity (Wildman–Crippen MR) is 103 cm³/mol. The number of rotatable bonds is 6. The fourth-order valence-electron chi connectivity index (χ4n) is 2.06. The molecule has 3 aromatic rings. The molecule has 0 unspecified atom stereocenters. The van der Waals surface area contributed by atoms with E-state index in [4.69, 9.17) is 0 Å². The first kappa shape index (κ1) is 18.5. The second-order valence-corrected chi connectivity index (χ2v) is 5.36. The van der Waals surface area contributed by atoms with Crippen molar-refractivity contribution in [3.63, 3.8) is 0 Å². The smallest absolute Gasteiger partial charge is 0.267 e. The Morgan fingerprint density at radius 3 is 1.57 bits per heavy atom. The van der Waals surface area contributed by atoms with Gasteiger partial charge in [0.2, 0.25) is 0 Å². The van der Waals surface area contributed by atoms with Crippen LogP contribution in [0.25, 0.3) is 0 Å². The van der Waals surface area contributed by atoms with Crippen LogP contribution in [-0.2, 0) is 0 Å². The van der Waals surface area contributed by atoms with Crippen molar-refractivity contribution in [2.45, 2.75) is 0 Å². The molecule has 0 aliphatic carbocycles. The highest BCUT2D eigenvalue weighted by molar-refractivity contribution is 5.95. The second kappa shape index (κ2) is 9.43. The monoisotopic (exact) mass is 373 g/mol. The highest BCUT2D eigenvalue weighted by Crippen LogP contribution is 1.98. The van der Waals surface area contributed by atoms with Gasteiger partial charge in [-0.2, -0.15) is 10.2 Å². The third-order valence-corrected chi connectivity index (χ3v) is 3.40. The summed E-state index contributed by atoms with van der Waals surface area (Å²) in [7, 11) is 0. The van der Waals surface area contributed by atoms with Crippen molar-refractivity contribution in [2.24, 2.45) is 10.2 Å². The van der Waals surface area contributed by atoms with Crippen LogP contribution in [0, 0.1) is 0 Å². The minimum Gasteiger partial charge on any atom is -0.267 e. The Labute approximate surface area is 160 Å². The molecule has 3 heterocycles. The van der Waals surface area contributed by atoms with E-state index in [-0.39, 0.29) is 11.8 Å². The number of hydrazone groups is 2. The number of nitrogens with zero attached hydrogens (tertiary/aromatic N) is 5. The lowest BCUT2D eigenvalue weighted by molar-refractivity contribution is 0.0947. The molecule has 9 nitrogen and oxygen atoms in total. The topological polar surface area (TPSA) is 122 Å². The molecule has 0 aliphatic heterocycles. The van der Waals surface area contributed by atoms with E-state index in [1.165, 1.54) is 37.2 Å². The lowest BCUT2D eigenvalue weighted by Gasteiger charge is -2.00. The summed E-state index contributed by atoms with van der Waals surface area (Å²) in [5.41, 5.74) is 6.75. The van der Waals surface area contributed by atoms with Gasteiger partial charge in [-0.15, -0.1) is 0 Å². The van der Waals surface area contributed by atoms with Crippen LogP contribution in [0.3, 0.4) is 0 Å². The summed E-state index contributed by atoms with van der Waals surface area (Å²) in [6, 6.07) is 11.5. The van der Waals surface area contributed by atoms with Crippen LogP contribution in [0.1, 0.15) is 32.1 Å². The van der Waals surface area contributed by atoms with Gasteiger partial charge in [0.25, 0.3) is 11.8 Å². The Balaban J connectivity index is 1.56. The quantitative estimate of drug-likeness (QED) is 0.500. The molecule has 3 rings (SSSR count). The van der Waals surface area contributed by atoms with Gasteiger partial charge in [-0.3, -0.25) is 19.6 Å². The van der Waals surface area contributed by atoms with Gasteiger partial charge in [-0.1, -0.05) is 6.07 Å². The lowest BCUT2D eigenvalue weighted by atomic mass is 10.3. The number of amides is 2. The molecule has 3 aromatic heterocycles. The van der Waals surface area contributed by atoms with Gasteiger partial charge in [-0.25, -0.2) is 15.8 Å². The highest BCUT2D eigenvalue weighted by Gasteiger charge is 2.03. The normalized spacial score (nSPS) is 10.9. The molecule has 0 bridgehead atoms. The molecule has 28 heavy (non-hydrogen) atoms. The Kier molecular flexibility index (Phi) is 6.24. The van der Waals surface area contributed by atoms with Crippen molar-refractivity contribution in [3.8, 4) is 0 Å². The van der Waals surface area contributed by atoms with Crippen molar-refractivity contribution in [1.29, 1.82) is 0 Å². The molecule has 9 heteroatoms. The molecule has 0 radical (unpaired) electrons. The van der Waals surface area contributed by atoms with E-state index >= 15 is 0 Å². The van der Waals surface area contributed by atoms with Crippen molar-refractivity contribution in [3.05, 3.63) is 89.8 Å². The zero-order valence-electron chi connectivity index (χ0n) is 14.6. The van der Waals surface area contributed by atoms with Gasteiger partial charge in [0.15, 0.2) is 0 Å². The molecule has 0 saturated carbocycles. The first-order chi connectivity index (χ1) is 13.7. The third kappa shape index (κ3) is 5.36. The van der Waals surface area contributed by atoms with Gasteiger partial charge in [0, 0.05) is 35.9 Å². The van der Waals surface area contributed by atoms with Gasteiger partial charge in [0.05, 0.1) is 23.8 Å². The standard InChI is InChI=1S/C19H15N7O2/c27-18(14-4-8-20-9-5-14)25-22-12-16-2-1-3-17(24-16)13-23-26-19(28)15-6-10-21-11-7-15/h1-13H,(H,25,27)(H,26,28)/b22-12+,23-13+. The Morgan fingerprint density at radius 2 is 1.14 bits per heavy atom. The van der Waals surface area contributed by atoms with E-state index in [0.717, 1.165) is 0 Å². The zero-order valence-corrected chi connectivity index (χ0v) is 14.6. The SMILES string of the molecule is O=C(N/N=C/c1cccc(/C=N/NC(=O)c2ccncc2)n1)c1ccncc1. The van der Waals surface area contributed by atoms with Crippen molar-refractivity contribution < 1.29 is 9.59 Å². The molecule has 2 N–H and O–H groups in total. The summed E-state index contributed by atoms with van der Waals surface area (Å²) >= 11 is 0. The molecule has 0 saturated heterocycles. The van der Waals surface area contributed by atoms with Crippen molar-refractivity contribution in [1.82, 2.24) is 25.8 Å². The predicted octanol–water partition coefficient (Wildman–Crippen LogP) is 1.40. The summed E-state index contributed by atoms with van der Waals surface area (Å²) in [6.45, 7) is 0. The number of nitrogens with one attached hydrogen (secondary N) is 2. The van der Waals surface area contributed by atoms with Crippen LogP contribution in [-0.4, -0.2) is 39.2 Å². The van der Waals surface area contributed by atoms with Gasteiger partial charge in [-0.05, 0) is 36.4 Å². The number of hydrogen-bond donors (Lipinski definition) is 2. The Bertz CT molecular complexity index is 926. The fraction of sp³-hybridized carbons (Fsp3) is 0. The average molecular weight is 373 g/mol. The molecular weight excluding hydrogens is 358 g/mol. The van der Waals surface area contributed by atoms with Gasteiger partial charge < -0.3 is 0 Å². The molecule has 0 aliphatic rings. The third-order valence-electron chi connectivity index (χ3n) is 3.40. The molecule has 0 fully saturated rings. The van der Waals surface area contributed by atoms with Crippen LogP contribution in [0.4, 0.5) is 0 Å². The van der Waals surface area contributed by atoms with E-state index < -0.39 is 0 Å². The summed E-state index contributed by atoms with van der Waals surface area (Å²) in [6.07, 6.45) is 8.91. The Hall–Kier alpha value is -4.27. The maximum absolute atomic E-state index is 11.9. The number of aromatic nitrogens is 3. The van der Waals surface area contributed by atoms with Crippen LogP contribution < -0.4 is 10.9 Å². The molecule has 138 valence electrons. The van der Waals surface area contributed by atoms with E-state index in [1.807, 2.05) is 0 Å². The summed E-state index contributed by atoms with van der Waals surface area (Å²) < 4.78 is 0. The Morgan fingerprint density at radius 1 is 0.714 bits per heavy atom. The summed E-state index contributed by atoms with van der Waals surface area (Å²) in [5.74, 6) is -0.703. The fourth-order valence-corrected chi connectivity index (χ4v) is 2.06. The maximum Gasteiger partial charge on any atom is 0.271 e. The van der Waals surface area contributed by atoms with Crippen LogP contribution in [0.5, 0.6) is 0 Å². The van der Waals surface area contributed by atoms with Crippen LogP contribution >= 0.6 is 0 Å². The lowest BCUT2D eigenvalue weighted by Crippen LogP contribution is -2.18. The van der Waals surface area contributed by atoms with Gasteiger partial charge in [0.1, 0.15) is 0 Å². The highest BCUT2D eigenvalue weighted by atomic mass is 16.2. The number of pyridine rings is 3. The number of carbonyl (C=O) groups is 2. The molecular formula is C19H15N7O2. The zero-order chi connectivity index (χ0) is 19.6. The molecule has 0 atom stereocenters. The first-order valence-electron chi connectivity index (χ1n) is 8.16. The minimum absolute atomic E-state index is 0.352. The van der Waals surface area contributed by atoms with E-state index in [1.54, 1.807) is 42.5 Å². The van der Waals surface area contributed by atoms with Crippen LogP contribution in [0.15, 0.2) is 77.5 Å². The molecule has 2 amide bonds. The van der Waals surface area contributed by atoms with Crippen molar-refractivity contribution in [2.75, 3.05) is 0 Å². The second-order valence-electron chi connectivity index (χ2n) is 5.36. The summed E-state index contributed by atoms with van der Waals surface area (Å²) in [4.78, 5) is 35.8. The average Bonchev–Trinajstić information content (AvgIpc) is 2.75. The maximum atomic E-state index is 11.9. The van der Waals surface area contributed by atoms with Gasteiger partial charge >= 0.3 is 0 Å². The van der Waals surface area contributed by atoms with Crippen LogP contribution in [0.2, 0.25) is 0 Å². The minimum atomic E-state index is -0.352. The van der Waals surface area contributed by atoms with E-state index in [9.17, 15) is 9.59 Å². The number of carbonyl (C=O) groups excluding carboxylic acids is 2. The first-order valence-corrected chi connectivity index (χ1v) is 8.16. The molecule has 0 aromatic carbocycles. The van der Waals surface area contributed by atoms with E-state index in [0.29, 0.717) is 22.5 Å². The summed E-state index contributed by atoms with van der Waals surface area (Å²) in [5, 5.41) is 7.76.